The normalized spacial score (nSPS) is 10.3. The van der Waals surface area contributed by atoms with Crippen molar-refractivity contribution in [3.05, 3.63) is 35.9 Å². The van der Waals surface area contributed by atoms with Crippen molar-refractivity contribution in [2.24, 2.45) is 0 Å². The Morgan fingerprint density at radius 3 is 2.56 bits per heavy atom. The number of benzene rings is 2. The zero-order chi connectivity index (χ0) is 13.3. The molecule has 0 saturated carbocycles. The number of carboxylic acids is 1. The van der Waals surface area contributed by atoms with E-state index < -0.39 is 11.9 Å². The average Bonchev–Trinajstić information content (AvgIpc) is 2.28. The number of hydrogen-bond donors (Lipinski definition) is 2. The topological polar surface area (TPSA) is 89.6 Å². The van der Waals surface area contributed by atoms with Crippen LogP contribution in [0.1, 0.15) is 17.3 Å². The first-order valence-electron chi connectivity index (χ1n) is 5.22. The van der Waals surface area contributed by atoms with Crippen LogP contribution in [-0.2, 0) is 4.79 Å². The molecule has 0 radical (unpaired) electrons. The molecular weight excluding hydrogens is 234 g/mol. The summed E-state index contributed by atoms with van der Waals surface area (Å²) in [6, 6.07) is 7.80. The standard InChI is InChI=1S/C13H11NO4/c1-7(15)18-12-5-9(13(16)17)4-8-2-3-10(14)6-11(8)12/h2-6H,14H2,1H3,(H,16,17). The van der Waals surface area contributed by atoms with Crippen LogP contribution < -0.4 is 10.5 Å². The number of carbonyl (C=O) groups excluding carboxylic acids is 1. The molecule has 0 atom stereocenters. The van der Waals surface area contributed by atoms with E-state index in [4.69, 9.17) is 15.6 Å². The van der Waals surface area contributed by atoms with Crippen molar-refractivity contribution in [3.8, 4) is 5.75 Å². The Bertz CT molecular complexity index is 649. The van der Waals surface area contributed by atoms with Crippen LogP contribution in [0.15, 0.2) is 30.3 Å². The maximum absolute atomic E-state index is 11.0. The van der Waals surface area contributed by atoms with E-state index in [-0.39, 0.29) is 11.3 Å². The van der Waals surface area contributed by atoms with Gasteiger partial charge in [0.2, 0.25) is 0 Å². The Morgan fingerprint density at radius 2 is 1.94 bits per heavy atom. The third kappa shape index (κ3) is 2.24. The van der Waals surface area contributed by atoms with Crippen LogP contribution in [0, 0.1) is 0 Å². The van der Waals surface area contributed by atoms with Gasteiger partial charge >= 0.3 is 11.9 Å². The van der Waals surface area contributed by atoms with Crippen LogP contribution in [0.5, 0.6) is 5.75 Å². The molecule has 0 unspecified atom stereocenters. The predicted molar refractivity (Wildman–Crippen MR) is 66.6 cm³/mol. The molecular formula is C13H11NO4. The number of nitrogens with two attached hydrogens (primary N) is 1. The van der Waals surface area contributed by atoms with Crippen molar-refractivity contribution in [2.75, 3.05) is 5.73 Å². The lowest BCUT2D eigenvalue weighted by Crippen LogP contribution is -2.04. The highest BCUT2D eigenvalue weighted by Crippen LogP contribution is 2.29. The summed E-state index contributed by atoms with van der Waals surface area (Å²) in [5.74, 6) is -1.40. The van der Waals surface area contributed by atoms with E-state index in [1.807, 2.05) is 0 Å². The van der Waals surface area contributed by atoms with E-state index in [1.54, 1.807) is 18.2 Å². The molecule has 92 valence electrons. The second-order valence-corrected chi connectivity index (χ2v) is 3.85. The zero-order valence-corrected chi connectivity index (χ0v) is 9.64. The maximum atomic E-state index is 11.0. The van der Waals surface area contributed by atoms with Gasteiger partial charge in [-0.2, -0.15) is 0 Å². The van der Waals surface area contributed by atoms with Gasteiger partial charge in [0.25, 0.3) is 0 Å². The summed E-state index contributed by atoms with van der Waals surface area (Å²) in [5, 5.41) is 10.3. The van der Waals surface area contributed by atoms with Gasteiger partial charge in [0.1, 0.15) is 5.75 Å². The fraction of sp³-hybridized carbons (Fsp3) is 0.0769. The summed E-state index contributed by atoms with van der Waals surface area (Å²) in [6.07, 6.45) is 0. The molecule has 0 aliphatic carbocycles. The minimum absolute atomic E-state index is 0.0588. The van der Waals surface area contributed by atoms with Gasteiger partial charge in [0.05, 0.1) is 5.56 Å². The molecule has 2 rings (SSSR count). The maximum Gasteiger partial charge on any atom is 0.335 e. The van der Waals surface area contributed by atoms with Gasteiger partial charge in [-0.15, -0.1) is 0 Å². The largest absolute Gasteiger partial charge is 0.478 e. The second kappa shape index (κ2) is 4.37. The molecule has 0 aliphatic heterocycles. The van der Waals surface area contributed by atoms with Gasteiger partial charge in [-0.3, -0.25) is 4.79 Å². The molecule has 0 aliphatic rings. The van der Waals surface area contributed by atoms with Crippen molar-refractivity contribution in [3.63, 3.8) is 0 Å². The van der Waals surface area contributed by atoms with Crippen molar-refractivity contribution < 1.29 is 19.4 Å². The summed E-state index contributed by atoms with van der Waals surface area (Å²) >= 11 is 0. The van der Waals surface area contributed by atoms with Crippen LogP contribution in [0.25, 0.3) is 10.8 Å². The quantitative estimate of drug-likeness (QED) is 0.480. The summed E-state index contributed by atoms with van der Waals surface area (Å²) in [5.41, 5.74) is 6.24. The number of ether oxygens (including phenoxy) is 1. The monoisotopic (exact) mass is 245 g/mol. The first kappa shape index (κ1) is 11.9. The average molecular weight is 245 g/mol. The Hall–Kier alpha value is -2.56. The number of hydrogen-bond acceptors (Lipinski definition) is 4. The smallest absolute Gasteiger partial charge is 0.335 e. The number of anilines is 1. The van der Waals surface area contributed by atoms with Crippen LogP contribution in [0.3, 0.4) is 0 Å². The predicted octanol–water partition coefficient (Wildman–Crippen LogP) is 2.05. The summed E-state index contributed by atoms with van der Waals surface area (Å²) < 4.78 is 5.02. The molecule has 2 aromatic carbocycles. The lowest BCUT2D eigenvalue weighted by molar-refractivity contribution is -0.131. The summed E-state index contributed by atoms with van der Waals surface area (Å²) in [4.78, 5) is 22.0. The number of aromatic carboxylic acids is 1. The van der Waals surface area contributed by atoms with Gasteiger partial charge < -0.3 is 15.6 Å². The first-order chi connectivity index (χ1) is 8.47. The Morgan fingerprint density at radius 1 is 1.22 bits per heavy atom. The Labute approximate surface area is 103 Å². The molecule has 3 N–H and O–H groups in total. The molecule has 0 bridgehead atoms. The minimum atomic E-state index is -1.08. The van der Waals surface area contributed by atoms with E-state index in [2.05, 4.69) is 0 Å². The van der Waals surface area contributed by atoms with Gasteiger partial charge in [-0.1, -0.05) is 6.07 Å². The second-order valence-electron chi connectivity index (χ2n) is 3.85. The van der Waals surface area contributed by atoms with Crippen molar-refractivity contribution in [1.82, 2.24) is 0 Å². The van der Waals surface area contributed by atoms with E-state index in [0.29, 0.717) is 16.5 Å². The Balaban J connectivity index is 2.72. The highest BCUT2D eigenvalue weighted by Gasteiger charge is 2.11. The van der Waals surface area contributed by atoms with Crippen molar-refractivity contribution in [2.45, 2.75) is 6.92 Å². The molecule has 0 aromatic heterocycles. The van der Waals surface area contributed by atoms with Gasteiger partial charge in [-0.05, 0) is 29.7 Å². The molecule has 0 fully saturated rings. The van der Waals surface area contributed by atoms with E-state index >= 15 is 0 Å². The highest BCUT2D eigenvalue weighted by molar-refractivity contribution is 5.99. The lowest BCUT2D eigenvalue weighted by atomic mass is 10.1. The molecule has 0 saturated heterocycles. The SMILES string of the molecule is CC(=O)Oc1cc(C(=O)O)cc2ccc(N)cc12. The van der Waals surface area contributed by atoms with Crippen molar-refractivity contribution in [1.29, 1.82) is 0 Å². The molecule has 5 heteroatoms. The van der Waals surface area contributed by atoms with E-state index in [0.717, 1.165) is 0 Å². The minimum Gasteiger partial charge on any atom is -0.478 e. The van der Waals surface area contributed by atoms with Crippen molar-refractivity contribution >= 4 is 28.4 Å². The van der Waals surface area contributed by atoms with Crippen LogP contribution >= 0.6 is 0 Å². The molecule has 2 aromatic rings. The summed E-state index contributed by atoms with van der Waals surface area (Å²) in [6.45, 7) is 1.26. The van der Waals surface area contributed by atoms with Gasteiger partial charge in [0, 0.05) is 18.0 Å². The Kier molecular flexibility index (Phi) is 2.89. The number of rotatable bonds is 2. The number of fused-ring (bicyclic) bond motifs is 1. The molecule has 0 spiro atoms. The fourth-order valence-electron chi connectivity index (χ4n) is 1.70. The highest BCUT2D eigenvalue weighted by atomic mass is 16.5. The number of nitrogen functional groups attached to an aromatic ring is 1. The third-order valence-corrected chi connectivity index (χ3v) is 2.44. The molecule has 0 heterocycles. The number of carboxylic acid groups (broad SMARTS) is 1. The molecule has 0 amide bonds. The number of carbonyl (C=O) groups is 2. The van der Waals surface area contributed by atoms with Gasteiger partial charge in [0.15, 0.2) is 0 Å². The number of esters is 1. The van der Waals surface area contributed by atoms with Crippen LogP contribution in [-0.4, -0.2) is 17.0 Å². The van der Waals surface area contributed by atoms with Crippen LogP contribution in [0.2, 0.25) is 0 Å². The first-order valence-corrected chi connectivity index (χ1v) is 5.22. The molecule has 18 heavy (non-hydrogen) atoms. The summed E-state index contributed by atoms with van der Waals surface area (Å²) in [7, 11) is 0. The van der Waals surface area contributed by atoms with Gasteiger partial charge in [-0.25, -0.2) is 4.79 Å². The lowest BCUT2D eigenvalue weighted by Gasteiger charge is -2.08. The molecule has 5 nitrogen and oxygen atoms in total. The van der Waals surface area contributed by atoms with E-state index in [1.165, 1.54) is 19.1 Å². The van der Waals surface area contributed by atoms with Crippen LogP contribution in [0.4, 0.5) is 5.69 Å². The van der Waals surface area contributed by atoms with E-state index in [9.17, 15) is 9.59 Å². The third-order valence-electron chi connectivity index (χ3n) is 2.44. The zero-order valence-electron chi connectivity index (χ0n) is 9.64. The fourth-order valence-corrected chi connectivity index (χ4v) is 1.70.